The van der Waals surface area contributed by atoms with Gasteiger partial charge in [0.25, 0.3) is 0 Å². The second-order valence-corrected chi connectivity index (χ2v) is 8.09. The molecule has 0 aliphatic carbocycles. The molecule has 6 nitrogen and oxygen atoms in total. The Morgan fingerprint density at radius 2 is 1.76 bits per heavy atom. The van der Waals surface area contributed by atoms with E-state index in [2.05, 4.69) is 65.3 Å². The second kappa shape index (κ2) is 7.87. The Balaban J connectivity index is 1.79. The minimum Gasteiger partial charge on any atom is -0.759 e. The molecule has 0 radical (unpaired) electrons. The number of aromatic nitrogens is 2. The highest BCUT2D eigenvalue weighted by Crippen LogP contribution is 2.33. The van der Waals surface area contributed by atoms with Crippen LogP contribution in [-0.2, 0) is 18.3 Å². The lowest BCUT2D eigenvalue weighted by Crippen LogP contribution is -2.23. The number of benzene rings is 2. The number of aryl methyl sites for hydroxylation is 1. The van der Waals surface area contributed by atoms with Crippen LogP contribution in [0.2, 0.25) is 0 Å². The van der Waals surface area contributed by atoms with E-state index in [1.807, 2.05) is 42.1 Å². The van der Waals surface area contributed by atoms with Crippen molar-refractivity contribution in [3.63, 3.8) is 0 Å². The second-order valence-electron chi connectivity index (χ2n) is 7.42. The molecule has 2 heterocycles. The van der Waals surface area contributed by atoms with Gasteiger partial charge in [-0.2, -0.15) is 4.83 Å². The van der Waals surface area contributed by atoms with Gasteiger partial charge in [0.05, 0.1) is 5.52 Å². The minimum atomic E-state index is -2.37. The first-order valence-corrected chi connectivity index (χ1v) is 10.5. The first-order valence-electron chi connectivity index (χ1n) is 9.41. The van der Waals surface area contributed by atoms with Crippen LogP contribution in [0.1, 0.15) is 25.3 Å². The number of fused-ring (bicyclic) bond motifs is 1. The van der Waals surface area contributed by atoms with Crippen LogP contribution >= 0.6 is 0 Å². The highest BCUT2D eigenvalue weighted by Gasteiger charge is 2.14. The maximum atomic E-state index is 10.6. The molecule has 7 heteroatoms. The van der Waals surface area contributed by atoms with Gasteiger partial charge in [-0.15, -0.1) is 0 Å². The van der Waals surface area contributed by atoms with Crippen LogP contribution in [0.4, 0.5) is 5.69 Å². The van der Waals surface area contributed by atoms with E-state index in [1.54, 1.807) is 0 Å². The molecule has 29 heavy (non-hydrogen) atoms. The summed E-state index contributed by atoms with van der Waals surface area (Å²) in [5, 5.41) is 1.24. The molecule has 1 atom stereocenters. The van der Waals surface area contributed by atoms with E-state index < -0.39 is 11.3 Å². The molecule has 0 amide bonds. The van der Waals surface area contributed by atoms with E-state index in [-0.39, 0.29) is 0 Å². The zero-order chi connectivity index (χ0) is 20.5. The Hall–Kier alpha value is -2.87. The van der Waals surface area contributed by atoms with E-state index in [0.717, 1.165) is 11.2 Å². The van der Waals surface area contributed by atoms with Crippen molar-refractivity contribution in [2.24, 2.45) is 7.05 Å². The lowest BCUT2D eigenvalue weighted by atomic mass is 10.0. The molecule has 0 bridgehead atoms. The van der Waals surface area contributed by atoms with Gasteiger partial charge >= 0.3 is 0 Å². The first-order chi connectivity index (χ1) is 13.9. The van der Waals surface area contributed by atoms with Gasteiger partial charge in [0.2, 0.25) is 0 Å². The first kappa shape index (κ1) is 19.4. The molecule has 150 valence electrons. The van der Waals surface area contributed by atoms with Crippen LogP contribution in [0.3, 0.4) is 0 Å². The molecule has 2 N–H and O–H groups in total. The van der Waals surface area contributed by atoms with E-state index in [4.69, 9.17) is 0 Å². The molecular formula is C22H23N4O2S-. The highest BCUT2D eigenvalue weighted by molar-refractivity contribution is 7.77. The van der Waals surface area contributed by atoms with Crippen molar-refractivity contribution in [1.82, 2.24) is 14.0 Å². The van der Waals surface area contributed by atoms with Crippen molar-refractivity contribution in [3.8, 4) is 16.8 Å². The number of nitrogens with zero attached hydrogens (tertiary/aromatic N) is 2. The summed E-state index contributed by atoms with van der Waals surface area (Å²) >= 11 is -2.37. The summed E-state index contributed by atoms with van der Waals surface area (Å²) < 4.78 is 25.5. The Bertz CT molecular complexity index is 1180. The zero-order valence-electron chi connectivity index (χ0n) is 16.5. The van der Waals surface area contributed by atoms with Crippen molar-refractivity contribution in [2.75, 3.05) is 5.43 Å². The zero-order valence-corrected chi connectivity index (χ0v) is 17.4. The van der Waals surface area contributed by atoms with Crippen LogP contribution in [0.15, 0.2) is 67.1 Å². The Kier molecular flexibility index (Phi) is 5.27. The molecule has 0 saturated heterocycles. The molecule has 0 saturated carbocycles. The summed E-state index contributed by atoms with van der Waals surface area (Å²) in [7, 11) is 2.02. The fraction of sp³-hybridized carbons (Fsp3) is 0.182. The summed E-state index contributed by atoms with van der Waals surface area (Å²) in [6.45, 7) is 4.40. The molecule has 0 fully saturated rings. The number of hydrogen-bond donors (Lipinski definition) is 2. The number of anilines is 1. The third kappa shape index (κ3) is 3.98. The van der Waals surface area contributed by atoms with Gasteiger partial charge in [0.15, 0.2) is 0 Å². The van der Waals surface area contributed by atoms with Crippen LogP contribution in [-0.4, -0.2) is 17.9 Å². The molecular weight excluding hydrogens is 384 g/mol. The number of hydrogen-bond acceptors (Lipinski definition) is 3. The Labute approximate surface area is 172 Å². The average Bonchev–Trinajstić information content (AvgIpc) is 3.30. The summed E-state index contributed by atoms with van der Waals surface area (Å²) in [5.74, 6) is 0.401. The van der Waals surface area contributed by atoms with Crippen LogP contribution < -0.4 is 10.3 Å². The van der Waals surface area contributed by atoms with Gasteiger partial charge in [-0.25, -0.2) is 0 Å². The normalized spacial score (nSPS) is 12.6. The summed E-state index contributed by atoms with van der Waals surface area (Å²) in [6, 6.07) is 16.3. The average molecular weight is 408 g/mol. The molecule has 2 aromatic heterocycles. The van der Waals surface area contributed by atoms with Crippen molar-refractivity contribution < 1.29 is 8.76 Å². The van der Waals surface area contributed by atoms with Crippen LogP contribution in [0.5, 0.6) is 0 Å². The molecule has 1 unspecified atom stereocenters. The van der Waals surface area contributed by atoms with Gasteiger partial charge in [-0.05, 0) is 59.0 Å². The molecule has 0 aliphatic heterocycles. The molecule has 4 rings (SSSR count). The summed E-state index contributed by atoms with van der Waals surface area (Å²) in [6.07, 6.45) is 6.36. The van der Waals surface area contributed by atoms with Crippen molar-refractivity contribution >= 4 is 27.9 Å². The predicted octanol–water partition coefficient (Wildman–Crippen LogP) is 4.47. The van der Waals surface area contributed by atoms with Crippen LogP contribution in [0.25, 0.3) is 27.7 Å². The summed E-state index contributed by atoms with van der Waals surface area (Å²) in [4.78, 5) is 2.16. The number of hydrazine groups is 1. The summed E-state index contributed by atoms with van der Waals surface area (Å²) in [5.41, 5.74) is 9.13. The van der Waals surface area contributed by atoms with Crippen molar-refractivity contribution in [3.05, 3.63) is 72.7 Å². The third-order valence-electron chi connectivity index (χ3n) is 5.05. The largest absolute Gasteiger partial charge is 0.759 e. The SMILES string of the molecule is CC(C)c1cn(-c2ccc(NNS(=O)[O-])cc2)c2cc(-c3ccn(C)c3)ccc12. The van der Waals surface area contributed by atoms with Gasteiger partial charge in [-0.1, -0.05) is 26.0 Å². The van der Waals surface area contributed by atoms with E-state index in [1.165, 1.54) is 22.1 Å². The molecule has 0 aliphatic rings. The standard InChI is InChI=1S/C22H24N4O2S/c1-15(2)21-14-26(19-7-5-18(6-8-19)23-24-29(27)28)22-12-16(4-9-20(21)22)17-10-11-25(3)13-17/h4-15,23-24H,1-3H3,(H,27,28)/p-1. The number of nitrogens with one attached hydrogen (secondary N) is 2. The van der Waals surface area contributed by atoms with Gasteiger partial charge < -0.3 is 19.1 Å². The molecule has 0 spiro atoms. The highest BCUT2D eigenvalue weighted by atomic mass is 32.2. The maximum Gasteiger partial charge on any atom is 0.0537 e. The predicted molar refractivity (Wildman–Crippen MR) is 117 cm³/mol. The maximum absolute atomic E-state index is 10.6. The Morgan fingerprint density at radius 1 is 1.00 bits per heavy atom. The fourth-order valence-electron chi connectivity index (χ4n) is 3.59. The van der Waals surface area contributed by atoms with Crippen molar-refractivity contribution in [2.45, 2.75) is 19.8 Å². The van der Waals surface area contributed by atoms with E-state index in [0.29, 0.717) is 11.6 Å². The van der Waals surface area contributed by atoms with Crippen LogP contribution in [0, 0.1) is 0 Å². The third-order valence-corrected chi connectivity index (χ3v) is 5.32. The quantitative estimate of drug-likeness (QED) is 0.366. The van der Waals surface area contributed by atoms with E-state index in [9.17, 15) is 8.76 Å². The molecule has 2 aromatic carbocycles. The topological polar surface area (TPSA) is 74.1 Å². The lowest BCUT2D eigenvalue weighted by molar-refractivity contribution is 0.528. The van der Waals surface area contributed by atoms with Gasteiger partial charge in [0, 0.05) is 53.7 Å². The fourth-order valence-corrected chi connectivity index (χ4v) is 3.79. The van der Waals surface area contributed by atoms with E-state index >= 15 is 0 Å². The number of rotatable bonds is 6. The lowest BCUT2D eigenvalue weighted by Gasteiger charge is -2.11. The molecule has 4 aromatic rings. The van der Waals surface area contributed by atoms with Crippen molar-refractivity contribution in [1.29, 1.82) is 0 Å². The minimum absolute atomic E-state index is 0.401. The monoisotopic (exact) mass is 407 g/mol. The Morgan fingerprint density at radius 3 is 2.38 bits per heavy atom. The van der Waals surface area contributed by atoms with Gasteiger partial charge in [-0.3, -0.25) is 4.21 Å². The van der Waals surface area contributed by atoms with Gasteiger partial charge in [0.1, 0.15) is 0 Å². The smallest absolute Gasteiger partial charge is 0.0537 e.